The number of carbonyl (C=O) groups is 1. The molecule has 1 saturated heterocycles. The Balaban J connectivity index is 2.26. The van der Waals surface area contributed by atoms with Crippen molar-refractivity contribution in [1.29, 1.82) is 0 Å². The van der Waals surface area contributed by atoms with Crippen LogP contribution >= 0.6 is 0 Å². The van der Waals surface area contributed by atoms with E-state index >= 15 is 0 Å². The van der Waals surface area contributed by atoms with Gasteiger partial charge in [0.15, 0.2) is 5.82 Å². The van der Waals surface area contributed by atoms with Gasteiger partial charge in [0.2, 0.25) is 5.91 Å². The lowest BCUT2D eigenvalue weighted by Gasteiger charge is -2.35. The molecular weight excluding hydrogens is 234 g/mol. The largest absolute Gasteiger partial charge is 0.355 e. The number of hydrogen-bond acceptors (Lipinski definition) is 5. The van der Waals surface area contributed by atoms with Crippen molar-refractivity contribution < 1.29 is 4.79 Å². The summed E-state index contributed by atoms with van der Waals surface area (Å²) in [6.45, 7) is 4.27. The van der Waals surface area contributed by atoms with Crippen LogP contribution in [-0.4, -0.2) is 48.1 Å². The molecule has 0 radical (unpaired) electrons. The van der Waals surface area contributed by atoms with Crippen LogP contribution in [0.25, 0.3) is 0 Å². The van der Waals surface area contributed by atoms with Gasteiger partial charge in [0.05, 0.1) is 0 Å². The predicted molar refractivity (Wildman–Crippen MR) is 67.5 cm³/mol. The topological polar surface area (TPSA) is 90.1 Å². The molecule has 1 fully saturated rings. The van der Waals surface area contributed by atoms with Crippen LogP contribution in [0.2, 0.25) is 0 Å². The molecule has 1 aromatic heterocycles. The highest BCUT2D eigenvalue weighted by atomic mass is 16.2. The molecule has 1 atom stereocenters. The summed E-state index contributed by atoms with van der Waals surface area (Å²) in [7, 11) is 0. The minimum atomic E-state index is -0.394. The Morgan fingerprint density at radius 3 is 3.22 bits per heavy atom. The van der Waals surface area contributed by atoms with E-state index in [2.05, 4.69) is 20.6 Å². The molecule has 7 heteroatoms. The first-order valence-corrected chi connectivity index (χ1v) is 6.02. The molecule has 0 saturated carbocycles. The number of likely N-dealkylation sites (N-methyl/N-ethyl adjacent to an activating group) is 1. The summed E-state index contributed by atoms with van der Waals surface area (Å²) in [6.07, 6.45) is 3.00. The molecule has 0 aromatic carbocycles. The van der Waals surface area contributed by atoms with E-state index in [4.69, 9.17) is 0 Å². The van der Waals surface area contributed by atoms with Crippen LogP contribution in [-0.2, 0) is 4.79 Å². The van der Waals surface area contributed by atoms with Crippen LogP contribution in [0.5, 0.6) is 0 Å². The Hall–Kier alpha value is -1.89. The maximum atomic E-state index is 12.0. The van der Waals surface area contributed by atoms with Gasteiger partial charge in [0.25, 0.3) is 5.56 Å². The number of aromatic nitrogens is 2. The number of nitrogens with zero attached hydrogens (tertiary/aromatic N) is 2. The Bertz CT molecular complexity index is 473. The van der Waals surface area contributed by atoms with E-state index in [-0.39, 0.29) is 11.5 Å². The van der Waals surface area contributed by atoms with Crippen molar-refractivity contribution in [1.82, 2.24) is 20.6 Å². The normalized spacial score (nSPS) is 19.6. The fourth-order valence-electron chi connectivity index (χ4n) is 2.03. The molecule has 7 nitrogen and oxygen atoms in total. The molecular formula is C11H17N5O2. The van der Waals surface area contributed by atoms with E-state index in [1.807, 2.05) is 6.92 Å². The summed E-state index contributed by atoms with van der Waals surface area (Å²) in [5, 5.41) is 5.92. The fourth-order valence-corrected chi connectivity index (χ4v) is 2.03. The van der Waals surface area contributed by atoms with Crippen LogP contribution < -0.4 is 21.1 Å². The highest BCUT2D eigenvalue weighted by molar-refractivity contribution is 5.85. The summed E-state index contributed by atoms with van der Waals surface area (Å²) < 4.78 is 0. The third-order valence-electron chi connectivity index (χ3n) is 2.86. The maximum Gasteiger partial charge on any atom is 0.290 e. The smallest absolute Gasteiger partial charge is 0.290 e. The molecule has 0 aliphatic carbocycles. The molecule has 18 heavy (non-hydrogen) atoms. The van der Waals surface area contributed by atoms with Crippen LogP contribution in [0.3, 0.4) is 0 Å². The average Bonchev–Trinajstić information content (AvgIpc) is 2.40. The lowest BCUT2D eigenvalue weighted by molar-refractivity contribution is -0.122. The standard InChI is InChI=1S/C11H17N5O2/c1-2-13-10(17)8-7-12-5-6-16(8)9-11(18)15-4-3-14-9/h3-4,8,12H,2,5-7H2,1H3,(H,13,17)(H,15,18). The van der Waals surface area contributed by atoms with Gasteiger partial charge in [-0.3, -0.25) is 9.59 Å². The monoisotopic (exact) mass is 251 g/mol. The summed E-state index contributed by atoms with van der Waals surface area (Å²) in [5.41, 5.74) is -0.270. The molecule has 1 unspecified atom stereocenters. The van der Waals surface area contributed by atoms with E-state index in [9.17, 15) is 9.59 Å². The van der Waals surface area contributed by atoms with Crippen molar-refractivity contribution in [3.8, 4) is 0 Å². The van der Waals surface area contributed by atoms with Gasteiger partial charge < -0.3 is 20.5 Å². The van der Waals surface area contributed by atoms with E-state index in [0.717, 1.165) is 6.54 Å². The number of amides is 1. The predicted octanol–water partition coefficient (Wildman–Crippen LogP) is -1.32. The maximum absolute atomic E-state index is 12.0. The average molecular weight is 251 g/mol. The molecule has 0 spiro atoms. The number of H-pyrrole nitrogens is 1. The summed E-state index contributed by atoms with van der Waals surface area (Å²) in [5.74, 6) is 0.213. The molecule has 3 N–H and O–H groups in total. The zero-order valence-electron chi connectivity index (χ0n) is 10.3. The highest BCUT2D eigenvalue weighted by Crippen LogP contribution is 2.10. The van der Waals surface area contributed by atoms with Gasteiger partial charge >= 0.3 is 0 Å². The number of rotatable bonds is 3. The second-order valence-corrected chi connectivity index (χ2v) is 4.05. The summed E-state index contributed by atoms with van der Waals surface area (Å²) in [6, 6.07) is -0.394. The molecule has 98 valence electrons. The SMILES string of the molecule is CCNC(=O)C1CNCCN1c1ncc[nH]c1=O. The third-order valence-corrected chi connectivity index (χ3v) is 2.86. The zero-order chi connectivity index (χ0) is 13.0. The lowest BCUT2D eigenvalue weighted by atomic mass is 10.1. The van der Waals surface area contributed by atoms with E-state index in [1.165, 1.54) is 12.4 Å². The van der Waals surface area contributed by atoms with Crippen LogP contribution in [0.4, 0.5) is 5.82 Å². The zero-order valence-corrected chi connectivity index (χ0v) is 10.3. The van der Waals surface area contributed by atoms with Gasteiger partial charge in [-0.2, -0.15) is 0 Å². The second-order valence-electron chi connectivity index (χ2n) is 4.05. The van der Waals surface area contributed by atoms with Crippen molar-refractivity contribution in [2.24, 2.45) is 0 Å². The first-order valence-electron chi connectivity index (χ1n) is 6.02. The van der Waals surface area contributed by atoms with E-state index in [0.29, 0.717) is 25.5 Å². The van der Waals surface area contributed by atoms with E-state index < -0.39 is 6.04 Å². The number of piperazine rings is 1. The van der Waals surface area contributed by atoms with Crippen molar-refractivity contribution in [2.75, 3.05) is 31.1 Å². The van der Waals surface area contributed by atoms with Crippen LogP contribution in [0.1, 0.15) is 6.92 Å². The third kappa shape index (κ3) is 2.51. The van der Waals surface area contributed by atoms with Gasteiger partial charge in [-0.25, -0.2) is 4.98 Å². The van der Waals surface area contributed by atoms with Gasteiger partial charge in [-0.1, -0.05) is 0 Å². The second kappa shape index (κ2) is 5.63. The van der Waals surface area contributed by atoms with E-state index in [1.54, 1.807) is 4.90 Å². The number of aromatic amines is 1. The highest BCUT2D eigenvalue weighted by Gasteiger charge is 2.30. The summed E-state index contributed by atoms with van der Waals surface area (Å²) in [4.78, 5) is 32.1. The Morgan fingerprint density at radius 1 is 1.67 bits per heavy atom. The Kier molecular flexibility index (Phi) is 3.93. The number of carbonyl (C=O) groups excluding carboxylic acids is 1. The van der Waals surface area contributed by atoms with Crippen LogP contribution in [0, 0.1) is 0 Å². The molecule has 2 heterocycles. The van der Waals surface area contributed by atoms with Crippen molar-refractivity contribution in [3.63, 3.8) is 0 Å². The van der Waals surface area contributed by atoms with Crippen molar-refractivity contribution >= 4 is 11.7 Å². The Morgan fingerprint density at radius 2 is 2.50 bits per heavy atom. The molecule has 1 aliphatic heterocycles. The quantitative estimate of drug-likeness (QED) is 0.620. The number of anilines is 1. The number of hydrogen-bond donors (Lipinski definition) is 3. The number of nitrogens with one attached hydrogen (secondary N) is 3. The minimum absolute atomic E-state index is 0.0882. The Labute approximate surface area is 105 Å². The lowest BCUT2D eigenvalue weighted by Crippen LogP contribution is -2.59. The summed E-state index contributed by atoms with van der Waals surface area (Å²) >= 11 is 0. The molecule has 1 amide bonds. The molecule has 0 bridgehead atoms. The molecule has 1 aliphatic rings. The first kappa shape index (κ1) is 12.6. The minimum Gasteiger partial charge on any atom is -0.355 e. The van der Waals surface area contributed by atoms with Gasteiger partial charge in [-0.05, 0) is 6.92 Å². The van der Waals surface area contributed by atoms with Gasteiger partial charge in [-0.15, -0.1) is 0 Å². The first-order chi connectivity index (χ1) is 8.74. The molecule has 2 rings (SSSR count). The van der Waals surface area contributed by atoms with Gasteiger partial charge in [0, 0.05) is 38.6 Å². The van der Waals surface area contributed by atoms with Crippen molar-refractivity contribution in [3.05, 3.63) is 22.7 Å². The van der Waals surface area contributed by atoms with Crippen LogP contribution in [0.15, 0.2) is 17.2 Å². The molecule has 1 aromatic rings. The van der Waals surface area contributed by atoms with Gasteiger partial charge in [0.1, 0.15) is 6.04 Å². The van der Waals surface area contributed by atoms with Crippen molar-refractivity contribution in [2.45, 2.75) is 13.0 Å². The fraction of sp³-hybridized carbons (Fsp3) is 0.545.